The van der Waals surface area contributed by atoms with Crippen molar-refractivity contribution in [1.29, 1.82) is 0 Å². The van der Waals surface area contributed by atoms with Crippen LogP contribution in [0.5, 0.6) is 5.75 Å². The lowest BCUT2D eigenvalue weighted by molar-refractivity contribution is 0.102. The molecule has 0 saturated heterocycles. The molecule has 2 aromatic heterocycles. The molecular formula is C27H22N4O3S. The topological polar surface area (TPSA) is 90.1 Å². The maximum Gasteiger partial charge on any atom is 0.257 e. The number of nitrogens with zero attached hydrogens (tertiary/aromatic N) is 3. The molecule has 7 nitrogen and oxygen atoms in total. The van der Waals surface area contributed by atoms with Crippen LogP contribution < -0.4 is 10.1 Å². The van der Waals surface area contributed by atoms with E-state index in [4.69, 9.17) is 9.15 Å². The summed E-state index contributed by atoms with van der Waals surface area (Å²) in [5.41, 5.74) is 3.91. The van der Waals surface area contributed by atoms with Crippen LogP contribution in [0, 0.1) is 6.92 Å². The van der Waals surface area contributed by atoms with Gasteiger partial charge in [0, 0.05) is 27.1 Å². The Labute approximate surface area is 206 Å². The van der Waals surface area contributed by atoms with E-state index < -0.39 is 0 Å². The highest BCUT2D eigenvalue weighted by molar-refractivity contribution is 7.16. The van der Waals surface area contributed by atoms with Gasteiger partial charge in [-0.25, -0.2) is 4.98 Å². The van der Waals surface area contributed by atoms with Crippen LogP contribution in [-0.2, 0) is 0 Å². The van der Waals surface area contributed by atoms with E-state index in [1.54, 1.807) is 24.3 Å². The number of anilines is 1. The van der Waals surface area contributed by atoms with Crippen molar-refractivity contribution in [2.75, 3.05) is 11.9 Å². The van der Waals surface area contributed by atoms with Crippen LogP contribution in [0.15, 0.2) is 83.3 Å². The minimum absolute atomic E-state index is 0.237. The van der Waals surface area contributed by atoms with Gasteiger partial charge in [0.2, 0.25) is 11.8 Å². The monoisotopic (exact) mass is 482 g/mol. The number of hydrogen-bond acceptors (Lipinski definition) is 7. The Morgan fingerprint density at radius 2 is 1.51 bits per heavy atom. The van der Waals surface area contributed by atoms with Crippen LogP contribution >= 0.6 is 11.3 Å². The summed E-state index contributed by atoms with van der Waals surface area (Å²) in [4.78, 5) is 18.5. The molecule has 0 aliphatic heterocycles. The molecule has 0 spiro atoms. The average Bonchev–Trinajstić information content (AvgIpc) is 3.52. The third kappa shape index (κ3) is 4.97. The van der Waals surface area contributed by atoms with Crippen molar-refractivity contribution in [3.05, 3.63) is 89.3 Å². The van der Waals surface area contributed by atoms with E-state index in [2.05, 4.69) is 20.5 Å². The minimum Gasteiger partial charge on any atom is -0.494 e. The Morgan fingerprint density at radius 3 is 2.17 bits per heavy atom. The van der Waals surface area contributed by atoms with E-state index in [-0.39, 0.29) is 5.91 Å². The molecule has 0 saturated carbocycles. The summed E-state index contributed by atoms with van der Waals surface area (Å²) in [7, 11) is 0. The van der Waals surface area contributed by atoms with Crippen LogP contribution in [0.2, 0.25) is 0 Å². The predicted molar refractivity (Wildman–Crippen MR) is 137 cm³/mol. The fourth-order valence-corrected chi connectivity index (χ4v) is 4.40. The smallest absolute Gasteiger partial charge is 0.257 e. The van der Waals surface area contributed by atoms with Crippen LogP contribution in [0.3, 0.4) is 0 Å². The van der Waals surface area contributed by atoms with Crippen LogP contribution in [0.1, 0.15) is 22.2 Å². The Kier molecular flexibility index (Phi) is 6.36. The fraction of sp³-hybridized carbons (Fsp3) is 0.111. The highest BCUT2D eigenvalue weighted by Crippen LogP contribution is 2.32. The summed E-state index contributed by atoms with van der Waals surface area (Å²) < 4.78 is 11.3. The molecule has 0 atom stereocenters. The maximum atomic E-state index is 12.8. The second-order valence-corrected chi connectivity index (χ2v) is 8.89. The molecule has 0 fully saturated rings. The molecular weight excluding hydrogens is 460 g/mol. The number of amides is 1. The lowest BCUT2D eigenvalue weighted by atomic mass is 10.1. The SMILES string of the molecule is CCOc1ccc(-c2nc(NC(=O)c3ccc(-c4nnc(-c5ccccc5)o4)cc3)sc2C)cc1. The number of hydrogen-bond donors (Lipinski definition) is 1. The van der Waals surface area contributed by atoms with E-state index in [0.717, 1.165) is 33.0 Å². The van der Waals surface area contributed by atoms with Gasteiger partial charge in [0.25, 0.3) is 5.91 Å². The third-order valence-corrected chi connectivity index (χ3v) is 6.18. The molecule has 2 heterocycles. The number of aromatic nitrogens is 3. The maximum absolute atomic E-state index is 12.8. The zero-order chi connectivity index (χ0) is 24.2. The first-order valence-corrected chi connectivity index (χ1v) is 11.9. The molecule has 3 aromatic carbocycles. The van der Waals surface area contributed by atoms with Crippen LogP contribution in [0.4, 0.5) is 5.13 Å². The third-order valence-electron chi connectivity index (χ3n) is 5.30. The normalized spacial score (nSPS) is 10.8. The first-order chi connectivity index (χ1) is 17.1. The summed E-state index contributed by atoms with van der Waals surface area (Å²) >= 11 is 1.44. The highest BCUT2D eigenvalue weighted by Gasteiger charge is 2.15. The second-order valence-electron chi connectivity index (χ2n) is 7.69. The van der Waals surface area contributed by atoms with Crippen molar-refractivity contribution in [3.8, 4) is 39.9 Å². The molecule has 0 bridgehead atoms. The molecule has 1 amide bonds. The molecule has 8 heteroatoms. The number of carbonyl (C=O) groups is 1. The average molecular weight is 483 g/mol. The van der Waals surface area contributed by atoms with Gasteiger partial charge in [-0.2, -0.15) is 0 Å². The van der Waals surface area contributed by atoms with Gasteiger partial charge in [0.05, 0.1) is 12.3 Å². The number of rotatable bonds is 7. The zero-order valence-corrected chi connectivity index (χ0v) is 20.0. The molecule has 0 aliphatic rings. The van der Waals surface area contributed by atoms with Crippen molar-refractivity contribution in [2.24, 2.45) is 0 Å². The van der Waals surface area contributed by atoms with Gasteiger partial charge in [-0.3, -0.25) is 10.1 Å². The van der Waals surface area contributed by atoms with Crippen LogP contribution in [0.25, 0.3) is 34.2 Å². The summed E-state index contributed by atoms with van der Waals surface area (Å²) in [5.74, 6) is 1.42. The first-order valence-electron chi connectivity index (χ1n) is 11.1. The molecule has 1 N–H and O–H groups in total. The van der Waals surface area contributed by atoms with Gasteiger partial charge in [-0.15, -0.1) is 21.5 Å². The van der Waals surface area contributed by atoms with E-state index >= 15 is 0 Å². The molecule has 5 aromatic rings. The molecule has 0 radical (unpaired) electrons. The van der Waals surface area contributed by atoms with Gasteiger partial charge in [0.15, 0.2) is 5.13 Å². The van der Waals surface area contributed by atoms with Gasteiger partial charge in [-0.05, 0) is 74.5 Å². The van der Waals surface area contributed by atoms with E-state index in [1.807, 2.05) is 68.4 Å². The molecule has 35 heavy (non-hydrogen) atoms. The zero-order valence-electron chi connectivity index (χ0n) is 19.2. The van der Waals surface area contributed by atoms with Crippen molar-refractivity contribution in [3.63, 3.8) is 0 Å². The standard InChI is InChI=1S/C27H22N4O3S/c1-3-33-22-15-13-18(14-16-22)23-17(2)35-27(28-23)29-24(32)19-9-11-21(12-10-19)26-31-30-25(34-26)20-7-5-4-6-8-20/h4-16H,3H2,1-2H3,(H,28,29,32). The fourth-order valence-electron chi connectivity index (χ4n) is 3.56. The van der Waals surface area contributed by atoms with E-state index in [9.17, 15) is 4.79 Å². The highest BCUT2D eigenvalue weighted by atomic mass is 32.1. The summed E-state index contributed by atoms with van der Waals surface area (Å²) in [5, 5.41) is 11.7. The van der Waals surface area contributed by atoms with Crippen molar-refractivity contribution >= 4 is 22.4 Å². The number of ether oxygens (including phenoxy) is 1. The minimum atomic E-state index is -0.237. The Bertz CT molecular complexity index is 1440. The lowest BCUT2D eigenvalue weighted by Gasteiger charge is -2.04. The first kappa shape index (κ1) is 22.5. The summed E-state index contributed by atoms with van der Waals surface area (Å²) in [6, 6.07) is 24.4. The largest absolute Gasteiger partial charge is 0.494 e. The number of nitrogens with one attached hydrogen (secondary N) is 1. The van der Waals surface area contributed by atoms with Crippen molar-refractivity contribution in [2.45, 2.75) is 13.8 Å². The van der Waals surface area contributed by atoms with Crippen molar-refractivity contribution < 1.29 is 13.9 Å². The number of aryl methyl sites for hydroxylation is 1. The van der Waals surface area contributed by atoms with Crippen molar-refractivity contribution in [1.82, 2.24) is 15.2 Å². The van der Waals surface area contributed by atoms with E-state index in [0.29, 0.717) is 29.1 Å². The molecule has 5 rings (SSSR count). The van der Waals surface area contributed by atoms with E-state index in [1.165, 1.54) is 11.3 Å². The number of benzene rings is 3. The molecule has 174 valence electrons. The van der Waals surface area contributed by atoms with Gasteiger partial charge in [0.1, 0.15) is 5.75 Å². The van der Waals surface area contributed by atoms with Crippen LogP contribution in [-0.4, -0.2) is 27.7 Å². The van der Waals surface area contributed by atoms with Gasteiger partial charge < -0.3 is 9.15 Å². The second kappa shape index (κ2) is 9.90. The molecule has 0 aliphatic carbocycles. The van der Waals surface area contributed by atoms with Gasteiger partial charge in [-0.1, -0.05) is 18.2 Å². The van der Waals surface area contributed by atoms with Gasteiger partial charge >= 0.3 is 0 Å². The number of thiazole rings is 1. The number of carbonyl (C=O) groups excluding carboxylic acids is 1. The Morgan fingerprint density at radius 1 is 0.886 bits per heavy atom. The summed E-state index contributed by atoms with van der Waals surface area (Å²) in [6.45, 7) is 4.56. The Balaban J connectivity index is 1.28. The molecule has 0 unspecified atom stereocenters. The Hall–Kier alpha value is -4.30. The summed E-state index contributed by atoms with van der Waals surface area (Å²) in [6.07, 6.45) is 0. The quantitative estimate of drug-likeness (QED) is 0.285. The lowest BCUT2D eigenvalue weighted by Crippen LogP contribution is -2.11. The predicted octanol–water partition coefficient (Wildman–Crippen LogP) is 6.49.